The van der Waals surface area contributed by atoms with Gasteiger partial charge in [-0.2, -0.15) is 0 Å². The lowest BCUT2D eigenvalue weighted by Crippen LogP contribution is -2.13. The molecule has 0 bridgehead atoms. The summed E-state index contributed by atoms with van der Waals surface area (Å²) in [6, 6.07) is 0. The molecule has 2 rings (SSSR count). The van der Waals surface area contributed by atoms with E-state index in [-0.39, 0.29) is 6.29 Å². The van der Waals surface area contributed by atoms with Crippen molar-refractivity contribution in [2.45, 2.75) is 24.0 Å². The largest absolute Gasteiger partial charge is 0.383 e. The van der Waals surface area contributed by atoms with Gasteiger partial charge in [0.2, 0.25) is 0 Å². The first-order chi connectivity index (χ1) is 10.1. The predicted molar refractivity (Wildman–Crippen MR) is 83.2 cm³/mol. The number of hydrogen-bond donors (Lipinski definition) is 1. The van der Waals surface area contributed by atoms with Crippen LogP contribution < -0.4 is 5.73 Å². The molecule has 0 aliphatic heterocycles. The van der Waals surface area contributed by atoms with Crippen LogP contribution in [0.4, 0.5) is 5.82 Å². The molecule has 0 saturated carbocycles. The van der Waals surface area contributed by atoms with E-state index in [1.54, 1.807) is 39.1 Å². The van der Waals surface area contributed by atoms with Crippen LogP contribution in [0.25, 0.3) is 10.6 Å². The van der Waals surface area contributed by atoms with Gasteiger partial charge in [-0.15, -0.1) is 10.2 Å². The van der Waals surface area contributed by atoms with Crippen molar-refractivity contribution < 1.29 is 9.47 Å². The summed E-state index contributed by atoms with van der Waals surface area (Å²) in [6.07, 6.45) is 2.27. The molecule has 0 atom stereocenters. The third kappa shape index (κ3) is 4.34. The highest BCUT2D eigenvalue weighted by Gasteiger charge is 2.12. The van der Waals surface area contributed by atoms with Gasteiger partial charge in [0.25, 0.3) is 0 Å². The van der Waals surface area contributed by atoms with Crippen LogP contribution in [0.15, 0.2) is 10.5 Å². The fourth-order valence-corrected chi connectivity index (χ4v) is 3.51. The number of anilines is 1. The van der Waals surface area contributed by atoms with E-state index in [0.717, 1.165) is 27.1 Å². The minimum Gasteiger partial charge on any atom is -0.383 e. The standard InChI is InChI=1S/C12H17N5O2S2/c1-7-14-6-8(10(13)15-7)11-16-17-12(21-11)20-5-4-9(18-2)19-3/h6,9H,4-5H2,1-3H3,(H2,13,14,15). The maximum absolute atomic E-state index is 5.89. The van der Waals surface area contributed by atoms with Crippen LogP contribution in [0.1, 0.15) is 12.2 Å². The van der Waals surface area contributed by atoms with Crippen molar-refractivity contribution in [1.29, 1.82) is 0 Å². The van der Waals surface area contributed by atoms with Crippen molar-refractivity contribution in [3.63, 3.8) is 0 Å². The van der Waals surface area contributed by atoms with Gasteiger partial charge < -0.3 is 15.2 Å². The first-order valence-electron chi connectivity index (χ1n) is 6.25. The molecule has 0 spiro atoms. The summed E-state index contributed by atoms with van der Waals surface area (Å²) >= 11 is 3.08. The number of nitrogens with zero attached hydrogens (tertiary/aromatic N) is 4. The van der Waals surface area contributed by atoms with Crippen molar-refractivity contribution in [2.24, 2.45) is 0 Å². The lowest BCUT2D eigenvalue weighted by Gasteiger charge is -2.11. The van der Waals surface area contributed by atoms with E-state index in [0.29, 0.717) is 11.6 Å². The van der Waals surface area contributed by atoms with E-state index in [1.165, 1.54) is 11.3 Å². The molecular formula is C12H17N5O2S2. The molecule has 0 saturated heterocycles. The summed E-state index contributed by atoms with van der Waals surface area (Å²) in [5, 5.41) is 9.01. The second-order valence-electron chi connectivity index (χ2n) is 4.13. The van der Waals surface area contributed by atoms with Crippen molar-refractivity contribution in [2.75, 3.05) is 25.7 Å². The number of rotatable bonds is 7. The van der Waals surface area contributed by atoms with Crippen LogP contribution in [0.3, 0.4) is 0 Å². The SMILES string of the molecule is COC(CCSc1nnc(-c2cnc(C)nc2N)s1)OC. The molecule has 2 aromatic rings. The number of hydrogen-bond acceptors (Lipinski definition) is 9. The monoisotopic (exact) mass is 327 g/mol. The Kier molecular flexibility index (Phi) is 5.85. The van der Waals surface area contributed by atoms with Gasteiger partial charge in [-0.25, -0.2) is 9.97 Å². The summed E-state index contributed by atoms with van der Waals surface area (Å²) < 4.78 is 11.1. The smallest absolute Gasteiger partial charge is 0.174 e. The first kappa shape index (κ1) is 16.1. The fourth-order valence-electron chi connectivity index (χ4n) is 1.60. The van der Waals surface area contributed by atoms with Gasteiger partial charge in [0, 0.05) is 32.6 Å². The maximum atomic E-state index is 5.89. The van der Waals surface area contributed by atoms with E-state index in [2.05, 4.69) is 20.2 Å². The number of thioether (sulfide) groups is 1. The van der Waals surface area contributed by atoms with E-state index < -0.39 is 0 Å². The third-order valence-electron chi connectivity index (χ3n) is 2.68. The van der Waals surface area contributed by atoms with Gasteiger partial charge in [0.1, 0.15) is 11.6 Å². The Morgan fingerprint density at radius 2 is 2.10 bits per heavy atom. The Morgan fingerprint density at radius 3 is 2.76 bits per heavy atom. The number of aromatic nitrogens is 4. The summed E-state index contributed by atoms with van der Waals surface area (Å²) in [6.45, 7) is 1.80. The molecule has 0 unspecified atom stereocenters. The minimum absolute atomic E-state index is 0.189. The van der Waals surface area contributed by atoms with Gasteiger partial charge in [0.15, 0.2) is 15.6 Å². The first-order valence-corrected chi connectivity index (χ1v) is 8.05. The topological polar surface area (TPSA) is 96.0 Å². The number of ether oxygens (including phenoxy) is 2. The zero-order chi connectivity index (χ0) is 15.2. The van der Waals surface area contributed by atoms with Crippen LogP contribution >= 0.6 is 23.1 Å². The summed E-state index contributed by atoms with van der Waals surface area (Å²) in [5.41, 5.74) is 6.61. The van der Waals surface area contributed by atoms with Gasteiger partial charge in [-0.05, 0) is 6.92 Å². The van der Waals surface area contributed by atoms with Crippen LogP contribution in [0, 0.1) is 6.92 Å². The molecule has 0 aliphatic carbocycles. The molecule has 2 aromatic heterocycles. The van der Waals surface area contributed by atoms with Crippen LogP contribution in [0.5, 0.6) is 0 Å². The third-order valence-corrected chi connectivity index (χ3v) is 4.80. The van der Waals surface area contributed by atoms with Crippen molar-refractivity contribution in [3.8, 4) is 10.6 Å². The van der Waals surface area contributed by atoms with Crippen molar-refractivity contribution in [1.82, 2.24) is 20.2 Å². The second-order valence-corrected chi connectivity index (χ2v) is 6.45. The lowest BCUT2D eigenvalue weighted by molar-refractivity contribution is -0.102. The van der Waals surface area contributed by atoms with Crippen molar-refractivity contribution in [3.05, 3.63) is 12.0 Å². The zero-order valence-corrected chi connectivity index (χ0v) is 13.7. The Labute approximate surface area is 131 Å². The number of methoxy groups -OCH3 is 2. The number of nitrogens with two attached hydrogens (primary N) is 1. The number of aryl methyl sites for hydroxylation is 1. The number of nitrogen functional groups attached to an aromatic ring is 1. The van der Waals surface area contributed by atoms with E-state index in [4.69, 9.17) is 15.2 Å². The summed E-state index contributed by atoms with van der Waals surface area (Å²) in [7, 11) is 3.25. The molecule has 0 aliphatic rings. The summed E-state index contributed by atoms with van der Waals surface area (Å²) in [4.78, 5) is 8.27. The van der Waals surface area contributed by atoms with Crippen molar-refractivity contribution >= 4 is 28.9 Å². The fraction of sp³-hybridized carbons (Fsp3) is 0.500. The van der Waals surface area contributed by atoms with Crippen LogP contribution in [-0.4, -0.2) is 46.4 Å². The molecule has 2 heterocycles. The van der Waals surface area contributed by atoms with Crippen LogP contribution in [0.2, 0.25) is 0 Å². The maximum Gasteiger partial charge on any atom is 0.174 e. The summed E-state index contributed by atoms with van der Waals surface area (Å²) in [5.74, 6) is 1.90. The quantitative estimate of drug-likeness (QED) is 0.609. The molecule has 114 valence electrons. The second kappa shape index (κ2) is 7.64. The zero-order valence-electron chi connectivity index (χ0n) is 12.1. The molecular weight excluding hydrogens is 310 g/mol. The highest BCUT2D eigenvalue weighted by Crippen LogP contribution is 2.31. The molecule has 2 N–H and O–H groups in total. The van der Waals surface area contributed by atoms with E-state index in [9.17, 15) is 0 Å². The van der Waals surface area contributed by atoms with Crippen LogP contribution in [-0.2, 0) is 9.47 Å². The molecule has 0 amide bonds. The van der Waals surface area contributed by atoms with Gasteiger partial charge in [-0.3, -0.25) is 0 Å². The van der Waals surface area contributed by atoms with Gasteiger partial charge >= 0.3 is 0 Å². The van der Waals surface area contributed by atoms with Gasteiger partial charge in [0.05, 0.1) is 5.56 Å². The average molecular weight is 327 g/mol. The van der Waals surface area contributed by atoms with E-state index in [1.807, 2.05) is 0 Å². The molecule has 0 fully saturated rings. The normalized spacial score (nSPS) is 11.2. The Balaban J connectivity index is 1.98. The molecule has 21 heavy (non-hydrogen) atoms. The Bertz CT molecular complexity index is 589. The minimum atomic E-state index is -0.189. The molecule has 9 heteroatoms. The predicted octanol–water partition coefficient (Wildman–Crippen LogP) is 1.99. The highest BCUT2D eigenvalue weighted by atomic mass is 32.2. The van der Waals surface area contributed by atoms with E-state index >= 15 is 0 Å². The lowest BCUT2D eigenvalue weighted by atomic mass is 10.3. The Morgan fingerprint density at radius 1 is 1.33 bits per heavy atom. The molecule has 0 radical (unpaired) electrons. The molecule has 7 nitrogen and oxygen atoms in total. The van der Waals surface area contributed by atoms with Gasteiger partial charge in [-0.1, -0.05) is 23.1 Å². The highest BCUT2D eigenvalue weighted by molar-refractivity contribution is 8.01. The Hall–Kier alpha value is -1.29. The molecule has 0 aromatic carbocycles. The average Bonchev–Trinajstić information content (AvgIpc) is 2.92.